The molecule has 0 fully saturated rings. The lowest BCUT2D eigenvalue weighted by atomic mass is 10.0. The summed E-state index contributed by atoms with van der Waals surface area (Å²) >= 11 is 1.49. The molecule has 6 heteroatoms. The Morgan fingerprint density at radius 1 is 1.00 bits per heavy atom. The zero-order chi connectivity index (χ0) is 20.1. The fourth-order valence-electron chi connectivity index (χ4n) is 2.92. The molecule has 0 aliphatic heterocycles. The van der Waals surface area contributed by atoms with Crippen molar-refractivity contribution in [2.75, 3.05) is 12.5 Å². The van der Waals surface area contributed by atoms with E-state index in [0.29, 0.717) is 16.4 Å². The largest absolute Gasteiger partial charge is 0.496 e. The molecule has 0 aliphatic carbocycles. The second kappa shape index (κ2) is 8.67. The van der Waals surface area contributed by atoms with Crippen LogP contribution in [0.3, 0.4) is 0 Å². The molecule has 29 heavy (non-hydrogen) atoms. The third kappa shape index (κ3) is 4.50. The maximum Gasteiger partial charge on any atom is 0.203 e. The summed E-state index contributed by atoms with van der Waals surface area (Å²) in [6.45, 7) is 0. The van der Waals surface area contributed by atoms with E-state index >= 15 is 0 Å². The molecule has 0 saturated carbocycles. The van der Waals surface area contributed by atoms with Crippen LogP contribution in [0.5, 0.6) is 5.75 Å². The van der Waals surface area contributed by atoms with Crippen LogP contribution in [0.25, 0.3) is 22.4 Å². The lowest BCUT2D eigenvalue weighted by Gasteiger charge is -2.09. The van der Waals surface area contributed by atoms with E-state index in [9.17, 15) is 4.39 Å². The van der Waals surface area contributed by atoms with Crippen LogP contribution >= 0.6 is 11.3 Å². The monoisotopic (exact) mass is 403 g/mol. The van der Waals surface area contributed by atoms with Gasteiger partial charge in [-0.1, -0.05) is 48.5 Å². The number of rotatable bonds is 6. The highest BCUT2D eigenvalue weighted by molar-refractivity contribution is 7.14. The quantitative estimate of drug-likeness (QED) is 0.314. The van der Waals surface area contributed by atoms with Gasteiger partial charge in [-0.25, -0.2) is 9.37 Å². The molecular formula is C23H18FN3OS. The molecule has 3 aromatic carbocycles. The van der Waals surface area contributed by atoms with Crippen LogP contribution in [0.1, 0.15) is 5.56 Å². The van der Waals surface area contributed by atoms with Gasteiger partial charge in [0.25, 0.3) is 0 Å². The number of halogens is 1. The van der Waals surface area contributed by atoms with Crippen molar-refractivity contribution in [3.05, 3.63) is 89.6 Å². The van der Waals surface area contributed by atoms with Crippen LogP contribution in [0.4, 0.5) is 9.52 Å². The van der Waals surface area contributed by atoms with E-state index in [2.05, 4.69) is 15.5 Å². The molecule has 1 heterocycles. The molecule has 0 aliphatic rings. The molecular weight excluding hydrogens is 385 g/mol. The fourth-order valence-corrected chi connectivity index (χ4v) is 3.59. The van der Waals surface area contributed by atoms with Gasteiger partial charge in [0.15, 0.2) is 0 Å². The minimum absolute atomic E-state index is 0.306. The normalized spacial score (nSPS) is 11.0. The Morgan fingerprint density at radius 3 is 2.66 bits per heavy atom. The van der Waals surface area contributed by atoms with Crippen LogP contribution in [0.15, 0.2) is 83.3 Å². The molecule has 4 aromatic rings. The number of aromatic nitrogens is 1. The van der Waals surface area contributed by atoms with Crippen molar-refractivity contribution < 1.29 is 9.13 Å². The fraction of sp³-hybridized carbons (Fsp3) is 0.0435. The molecule has 0 spiro atoms. The Hall–Kier alpha value is -3.51. The number of nitrogens with zero attached hydrogens (tertiary/aromatic N) is 2. The van der Waals surface area contributed by atoms with Crippen molar-refractivity contribution in [2.24, 2.45) is 5.10 Å². The SMILES string of the molecule is COc1ccc(F)cc1-c1cccc(C=NNc2nc(-c3ccccc3)cs2)c1. The summed E-state index contributed by atoms with van der Waals surface area (Å²) in [5, 5.41) is 6.98. The highest BCUT2D eigenvalue weighted by Crippen LogP contribution is 2.31. The van der Waals surface area contributed by atoms with E-state index in [1.54, 1.807) is 19.4 Å². The summed E-state index contributed by atoms with van der Waals surface area (Å²) in [6, 6.07) is 22.1. The molecule has 0 atom stereocenters. The average molecular weight is 403 g/mol. The lowest BCUT2D eigenvalue weighted by Crippen LogP contribution is -1.92. The second-order valence-corrected chi connectivity index (χ2v) is 7.10. The molecule has 4 nitrogen and oxygen atoms in total. The van der Waals surface area contributed by atoms with Gasteiger partial charge in [0, 0.05) is 16.5 Å². The first-order chi connectivity index (χ1) is 14.2. The second-order valence-electron chi connectivity index (χ2n) is 6.24. The Bertz CT molecular complexity index is 1140. The summed E-state index contributed by atoms with van der Waals surface area (Å²) < 4.78 is 19.0. The summed E-state index contributed by atoms with van der Waals surface area (Å²) in [5.41, 5.74) is 7.37. The van der Waals surface area contributed by atoms with Gasteiger partial charge in [0.1, 0.15) is 11.6 Å². The first kappa shape index (κ1) is 18.8. The number of benzene rings is 3. The zero-order valence-electron chi connectivity index (χ0n) is 15.7. The minimum Gasteiger partial charge on any atom is -0.496 e. The number of hydrogen-bond acceptors (Lipinski definition) is 5. The van der Waals surface area contributed by atoms with Gasteiger partial charge >= 0.3 is 0 Å². The van der Waals surface area contributed by atoms with Crippen molar-refractivity contribution in [1.29, 1.82) is 0 Å². The first-order valence-corrected chi connectivity index (χ1v) is 9.85. The maximum atomic E-state index is 13.7. The summed E-state index contributed by atoms with van der Waals surface area (Å²) in [5.74, 6) is 0.314. The molecule has 0 unspecified atom stereocenters. The molecule has 1 aromatic heterocycles. The van der Waals surface area contributed by atoms with Gasteiger partial charge in [0.2, 0.25) is 5.13 Å². The minimum atomic E-state index is -0.306. The van der Waals surface area contributed by atoms with E-state index in [1.165, 1.54) is 23.5 Å². The van der Waals surface area contributed by atoms with Crippen molar-refractivity contribution in [2.45, 2.75) is 0 Å². The smallest absolute Gasteiger partial charge is 0.203 e. The highest BCUT2D eigenvalue weighted by Gasteiger charge is 2.08. The molecule has 4 rings (SSSR count). The standard InChI is InChI=1S/C23H18FN3OS/c1-28-22-11-10-19(24)13-20(22)18-9-5-6-16(12-18)14-25-27-23-26-21(15-29-23)17-7-3-2-4-8-17/h2-15H,1H3,(H,26,27). The van der Waals surface area contributed by atoms with E-state index < -0.39 is 0 Å². The summed E-state index contributed by atoms with van der Waals surface area (Å²) in [7, 11) is 1.57. The molecule has 0 saturated heterocycles. The molecule has 0 bridgehead atoms. The number of methoxy groups -OCH3 is 1. The predicted molar refractivity (Wildman–Crippen MR) is 117 cm³/mol. The van der Waals surface area contributed by atoms with Gasteiger partial charge in [-0.15, -0.1) is 11.3 Å². The van der Waals surface area contributed by atoms with Crippen LogP contribution in [-0.4, -0.2) is 18.3 Å². The molecule has 1 N–H and O–H groups in total. The van der Waals surface area contributed by atoms with Crippen LogP contribution in [-0.2, 0) is 0 Å². The Balaban J connectivity index is 1.50. The van der Waals surface area contributed by atoms with Gasteiger partial charge < -0.3 is 4.74 Å². The number of ether oxygens (including phenoxy) is 1. The highest BCUT2D eigenvalue weighted by atomic mass is 32.1. The molecule has 0 radical (unpaired) electrons. The van der Waals surface area contributed by atoms with Gasteiger partial charge in [0.05, 0.1) is 19.0 Å². The van der Waals surface area contributed by atoms with E-state index in [0.717, 1.165) is 22.4 Å². The number of anilines is 1. The number of hydrogen-bond donors (Lipinski definition) is 1. The Kier molecular flexibility index (Phi) is 5.63. The van der Waals surface area contributed by atoms with Gasteiger partial charge in [-0.3, -0.25) is 5.43 Å². The third-order valence-corrected chi connectivity index (χ3v) is 5.05. The molecule has 144 valence electrons. The van der Waals surface area contributed by atoms with E-state index in [4.69, 9.17) is 4.74 Å². The predicted octanol–water partition coefficient (Wildman–Crippen LogP) is 6.07. The Labute approximate surface area is 172 Å². The summed E-state index contributed by atoms with van der Waals surface area (Å²) in [6.07, 6.45) is 1.71. The van der Waals surface area contributed by atoms with E-state index in [1.807, 2.05) is 60.0 Å². The van der Waals surface area contributed by atoms with Crippen molar-refractivity contribution >= 4 is 22.7 Å². The van der Waals surface area contributed by atoms with Crippen LogP contribution < -0.4 is 10.2 Å². The maximum absolute atomic E-state index is 13.7. The van der Waals surface area contributed by atoms with E-state index in [-0.39, 0.29) is 5.82 Å². The molecule has 0 amide bonds. The van der Waals surface area contributed by atoms with Gasteiger partial charge in [-0.2, -0.15) is 5.10 Å². The van der Waals surface area contributed by atoms with Crippen molar-refractivity contribution in [3.8, 4) is 28.1 Å². The lowest BCUT2D eigenvalue weighted by molar-refractivity contribution is 0.415. The Morgan fingerprint density at radius 2 is 1.83 bits per heavy atom. The summed E-state index contributed by atoms with van der Waals surface area (Å²) in [4.78, 5) is 4.54. The number of thiazole rings is 1. The first-order valence-electron chi connectivity index (χ1n) is 8.97. The van der Waals surface area contributed by atoms with Gasteiger partial charge in [-0.05, 0) is 35.4 Å². The third-order valence-electron chi connectivity index (χ3n) is 4.31. The van der Waals surface area contributed by atoms with Crippen LogP contribution in [0, 0.1) is 5.82 Å². The average Bonchev–Trinajstić information content (AvgIpc) is 3.23. The zero-order valence-corrected chi connectivity index (χ0v) is 16.5. The number of nitrogens with one attached hydrogen (secondary N) is 1. The van der Waals surface area contributed by atoms with Crippen LogP contribution in [0.2, 0.25) is 0 Å². The van der Waals surface area contributed by atoms with Crippen molar-refractivity contribution in [1.82, 2.24) is 4.98 Å². The topological polar surface area (TPSA) is 46.5 Å². The number of hydrazone groups is 1. The van der Waals surface area contributed by atoms with Crippen molar-refractivity contribution in [3.63, 3.8) is 0 Å².